The van der Waals surface area contributed by atoms with E-state index in [9.17, 15) is 18.0 Å². The minimum absolute atomic E-state index is 0.0327. The van der Waals surface area contributed by atoms with Gasteiger partial charge in [0.15, 0.2) is 0 Å². The van der Waals surface area contributed by atoms with Gasteiger partial charge in [0, 0.05) is 17.1 Å². The Morgan fingerprint density at radius 1 is 1.27 bits per heavy atom. The third kappa shape index (κ3) is 4.64. The summed E-state index contributed by atoms with van der Waals surface area (Å²) in [5.41, 5.74) is -0.948. The lowest BCUT2D eigenvalue weighted by atomic mass is 10.2. The molecule has 1 heterocycles. The number of anilines is 1. The Labute approximate surface area is 134 Å². The number of hydrogen-bond acceptors (Lipinski definition) is 2. The second-order valence-electron chi connectivity index (χ2n) is 4.40. The molecule has 0 saturated carbocycles. The van der Waals surface area contributed by atoms with Gasteiger partial charge >= 0.3 is 12.2 Å². The van der Waals surface area contributed by atoms with Gasteiger partial charge < -0.3 is 10.6 Å². The fraction of sp³-hybridized carbons (Fsp3) is 0.214. The van der Waals surface area contributed by atoms with E-state index in [2.05, 4.69) is 10.6 Å². The molecule has 22 heavy (non-hydrogen) atoms. The van der Waals surface area contributed by atoms with Crippen LogP contribution in [-0.4, -0.2) is 12.6 Å². The summed E-state index contributed by atoms with van der Waals surface area (Å²) in [7, 11) is 0. The number of rotatable bonds is 4. The summed E-state index contributed by atoms with van der Waals surface area (Å²) in [6.07, 6.45) is -3.90. The molecule has 0 spiro atoms. The summed E-state index contributed by atoms with van der Waals surface area (Å²) in [6, 6.07) is 6.52. The van der Waals surface area contributed by atoms with Crippen LogP contribution in [0.3, 0.4) is 0 Å². The quantitative estimate of drug-likeness (QED) is 0.820. The average Bonchev–Trinajstić information content (AvgIpc) is 2.93. The predicted molar refractivity (Wildman–Crippen MR) is 81.5 cm³/mol. The summed E-state index contributed by atoms with van der Waals surface area (Å²) in [5.74, 6) is 0. The molecule has 1 aromatic heterocycles. The lowest BCUT2D eigenvalue weighted by Crippen LogP contribution is -2.30. The van der Waals surface area contributed by atoms with Crippen LogP contribution >= 0.6 is 22.9 Å². The topological polar surface area (TPSA) is 41.1 Å². The van der Waals surface area contributed by atoms with Gasteiger partial charge in [-0.1, -0.05) is 17.7 Å². The van der Waals surface area contributed by atoms with E-state index in [0.717, 1.165) is 17.0 Å². The van der Waals surface area contributed by atoms with E-state index in [4.69, 9.17) is 11.6 Å². The fourth-order valence-corrected chi connectivity index (χ4v) is 2.68. The standard InChI is InChI=1S/C14H12ClF3N2OS/c15-12-4-3-9(8-11(12)14(16,17)18)20-13(21)19-6-5-10-2-1-7-22-10/h1-4,7-8H,5-6H2,(H2,19,20,21). The van der Waals surface area contributed by atoms with Gasteiger partial charge in [0.1, 0.15) is 0 Å². The van der Waals surface area contributed by atoms with E-state index in [1.54, 1.807) is 11.3 Å². The minimum atomic E-state index is -4.57. The van der Waals surface area contributed by atoms with Gasteiger partial charge in [-0.2, -0.15) is 13.2 Å². The number of carbonyl (C=O) groups excluding carboxylic acids is 1. The molecular weight excluding hydrogens is 337 g/mol. The molecule has 0 saturated heterocycles. The van der Waals surface area contributed by atoms with Crippen LogP contribution in [0.25, 0.3) is 0 Å². The first-order valence-corrected chi connectivity index (χ1v) is 7.56. The van der Waals surface area contributed by atoms with E-state index in [1.807, 2.05) is 17.5 Å². The molecule has 0 aliphatic heterocycles. The van der Waals surface area contributed by atoms with E-state index in [-0.39, 0.29) is 5.69 Å². The summed E-state index contributed by atoms with van der Waals surface area (Å²) < 4.78 is 38.1. The van der Waals surface area contributed by atoms with Crippen LogP contribution in [0.4, 0.5) is 23.7 Å². The number of urea groups is 1. The molecule has 2 amide bonds. The van der Waals surface area contributed by atoms with Gasteiger partial charge in [0.25, 0.3) is 0 Å². The monoisotopic (exact) mass is 348 g/mol. The Balaban J connectivity index is 1.91. The van der Waals surface area contributed by atoms with Crippen LogP contribution in [-0.2, 0) is 12.6 Å². The molecule has 1 aromatic carbocycles. The van der Waals surface area contributed by atoms with Crippen molar-refractivity contribution in [2.45, 2.75) is 12.6 Å². The maximum absolute atomic E-state index is 12.7. The van der Waals surface area contributed by atoms with Crippen LogP contribution in [0.2, 0.25) is 5.02 Å². The Morgan fingerprint density at radius 3 is 2.68 bits per heavy atom. The van der Waals surface area contributed by atoms with Crippen molar-refractivity contribution in [2.75, 3.05) is 11.9 Å². The van der Waals surface area contributed by atoms with Gasteiger partial charge in [0.2, 0.25) is 0 Å². The zero-order chi connectivity index (χ0) is 16.2. The fourth-order valence-electron chi connectivity index (χ4n) is 1.75. The minimum Gasteiger partial charge on any atom is -0.338 e. The summed E-state index contributed by atoms with van der Waals surface area (Å²) in [6.45, 7) is 0.395. The van der Waals surface area contributed by atoms with Crippen molar-refractivity contribution in [3.05, 3.63) is 51.2 Å². The normalized spacial score (nSPS) is 11.3. The Morgan fingerprint density at radius 2 is 2.05 bits per heavy atom. The van der Waals surface area contributed by atoms with Gasteiger partial charge in [-0.15, -0.1) is 11.3 Å². The van der Waals surface area contributed by atoms with Crippen molar-refractivity contribution in [3.8, 4) is 0 Å². The maximum Gasteiger partial charge on any atom is 0.417 e. The molecule has 0 fully saturated rings. The number of carbonyl (C=O) groups is 1. The van der Waals surface area contributed by atoms with E-state index in [1.165, 1.54) is 6.07 Å². The largest absolute Gasteiger partial charge is 0.417 e. The molecule has 2 aromatic rings. The first-order valence-electron chi connectivity index (χ1n) is 6.30. The van der Waals surface area contributed by atoms with Crippen LogP contribution in [0, 0.1) is 0 Å². The van der Waals surface area contributed by atoms with Gasteiger partial charge in [-0.3, -0.25) is 0 Å². The number of nitrogens with one attached hydrogen (secondary N) is 2. The van der Waals surface area contributed by atoms with Crippen molar-refractivity contribution < 1.29 is 18.0 Å². The highest BCUT2D eigenvalue weighted by Gasteiger charge is 2.33. The van der Waals surface area contributed by atoms with E-state index >= 15 is 0 Å². The molecule has 0 aliphatic rings. The molecule has 2 N–H and O–H groups in total. The van der Waals surface area contributed by atoms with E-state index < -0.39 is 22.8 Å². The molecule has 0 aliphatic carbocycles. The van der Waals surface area contributed by atoms with Crippen LogP contribution in [0.1, 0.15) is 10.4 Å². The third-order valence-corrected chi connectivity index (χ3v) is 4.03. The number of halogens is 4. The van der Waals surface area contributed by atoms with Crippen molar-refractivity contribution in [2.24, 2.45) is 0 Å². The highest BCUT2D eigenvalue weighted by Crippen LogP contribution is 2.36. The first kappa shape index (κ1) is 16.6. The molecule has 2 rings (SSSR count). The zero-order valence-electron chi connectivity index (χ0n) is 11.2. The third-order valence-electron chi connectivity index (χ3n) is 2.77. The molecule has 0 unspecified atom stereocenters. The average molecular weight is 349 g/mol. The number of alkyl halides is 3. The Bertz CT molecular complexity index is 644. The first-order chi connectivity index (χ1) is 10.4. The molecule has 3 nitrogen and oxygen atoms in total. The number of benzene rings is 1. The van der Waals surface area contributed by atoms with Gasteiger partial charge in [0.05, 0.1) is 10.6 Å². The molecular formula is C14H12ClF3N2OS. The van der Waals surface area contributed by atoms with E-state index in [0.29, 0.717) is 13.0 Å². The van der Waals surface area contributed by atoms with Crippen molar-refractivity contribution >= 4 is 34.7 Å². The lowest BCUT2D eigenvalue weighted by molar-refractivity contribution is -0.137. The molecule has 0 radical (unpaired) electrons. The molecule has 118 valence electrons. The zero-order valence-corrected chi connectivity index (χ0v) is 12.8. The molecule has 8 heteroatoms. The molecule has 0 atom stereocenters. The van der Waals surface area contributed by atoms with Crippen molar-refractivity contribution in [1.82, 2.24) is 5.32 Å². The predicted octanol–water partition coefficient (Wildman–Crippen LogP) is 4.78. The summed E-state index contributed by atoms with van der Waals surface area (Å²) in [5, 5.41) is 6.47. The highest BCUT2D eigenvalue weighted by atomic mass is 35.5. The number of amides is 2. The molecule has 0 bridgehead atoms. The number of thiophene rings is 1. The maximum atomic E-state index is 12.7. The highest BCUT2D eigenvalue weighted by molar-refractivity contribution is 7.09. The van der Waals surface area contributed by atoms with Gasteiger partial charge in [-0.25, -0.2) is 4.79 Å². The van der Waals surface area contributed by atoms with Crippen LogP contribution < -0.4 is 10.6 Å². The second kappa shape index (κ2) is 7.02. The van der Waals surface area contributed by atoms with Crippen molar-refractivity contribution in [1.29, 1.82) is 0 Å². The van der Waals surface area contributed by atoms with Crippen LogP contribution in [0.15, 0.2) is 35.7 Å². The SMILES string of the molecule is O=C(NCCc1cccs1)Nc1ccc(Cl)c(C(F)(F)F)c1. The van der Waals surface area contributed by atoms with Crippen LogP contribution in [0.5, 0.6) is 0 Å². The Kier molecular flexibility index (Phi) is 5.31. The second-order valence-corrected chi connectivity index (χ2v) is 5.84. The smallest absolute Gasteiger partial charge is 0.338 e. The summed E-state index contributed by atoms with van der Waals surface area (Å²) in [4.78, 5) is 12.8. The van der Waals surface area contributed by atoms with Gasteiger partial charge in [-0.05, 0) is 36.1 Å². The number of hydrogen-bond donors (Lipinski definition) is 2. The Hall–Kier alpha value is -1.73. The van der Waals surface area contributed by atoms with Crippen molar-refractivity contribution in [3.63, 3.8) is 0 Å². The summed E-state index contributed by atoms with van der Waals surface area (Å²) >= 11 is 7.08. The lowest BCUT2D eigenvalue weighted by Gasteiger charge is -2.12.